The Kier molecular flexibility index (Phi) is 4.85. The van der Waals surface area contributed by atoms with Gasteiger partial charge < -0.3 is 11.2 Å². The number of nitrogens with one attached hydrogen (secondary N) is 1. The molecule has 27 heavy (non-hydrogen) atoms. The molecule has 0 aliphatic carbocycles. The molecule has 3 aromatic heterocycles. The number of thiophene rings is 1. The molecule has 0 saturated carbocycles. The molecule has 4 rings (SSSR count). The third-order valence-corrected chi connectivity index (χ3v) is 6.54. The van der Waals surface area contributed by atoms with Gasteiger partial charge in [0.1, 0.15) is 0 Å². The molecular formula is C17H16N6OS3. The van der Waals surface area contributed by atoms with E-state index >= 15 is 0 Å². The Bertz CT molecular complexity index is 1120. The average molecular weight is 417 g/mol. The number of thioether (sulfide) groups is 1. The molecule has 0 spiro atoms. The quantitative estimate of drug-likeness (QED) is 0.380. The average Bonchev–Trinajstić information content (AvgIpc) is 3.33. The first kappa shape index (κ1) is 18.0. The van der Waals surface area contributed by atoms with Gasteiger partial charge in [-0.05, 0) is 42.5 Å². The number of benzene rings is 1. The zero-order chi connectivity index (χ0) is 19.0. The van der Waals surface area contributed by atoms with Crippen LogP contribution in [0.1, 0.15) is 11.1 Å². The third kappa shape index (κ3) is 3.68. The number of nitrogen functional groups attached to an aromatic ring is 1. The molecule has 0 radical (unpaired) electrons. The van der Waals surface area contributed by atoms with Crippen LogP contribution in [0.15, 0.2) is 34.8 Å². The second-order valence-corrected chi connectivity index (χ2v) is 8.86. The van der Waals surface area contributed by atoms with Crippen LogP contribution in [0.4, 0.5) is 5.13 Å². The van der Waals surface area contributed by atoms with Crippen molar-refractivity contribution in [2.75, 3.05) is 16.9 Å². The van der Waals surface area contributed by atoms with Crippen LogP contribution in [0.25, 0.3) is 20.9 Å². The number of aryl methyl sites for hydroxylation is 2. The topological polar surface area (TPSA) is 98.7 Å². The van der Waals surface area contributed by atoms with E-state index in [4.69, 9.17) is 5.84 Å². The van der Waals surface area contributed by atoms with Gasteiger partial charge in [0.25, 0.3) is 0 Å². The minimum absolute atomic E-state index is 0.158. The van der Waals surface area contributed by atoms with Crippen molar-refractivity contribution >= 4 is 55.7 Å². The molecular weight excluding hydrogens is 400 g/mol. The van der Waals surface area contributed by atoms with E-state index < -0.39 is 0 Å². The molecule has 0 bridgehead atoms. The van der Waals surface area contributed by atoms with E-state index in [9.17, 15) is 4.79 Å². The van der Waals surface area contributed by atoms with Crippen LogP contribution in [0.2, 0.25) is 0 Å². The minimum atomic E-state index is -0.158. The maximum atomic E-state index is 12.3. The largest absolute Gasteiger partial charge is 0.335 e. The number of aromatic nitrogens is 4. The van der Waals surface area contributed by atoms with Gasteiger partial charge in [-0.3, -0.25) is 4.79 Å². The van der Waals surface area contributed by atoms with E-state index in [2.05, 4.69) is 39.6 Å². The predicted octanol–water partition coefficient (Wildman–Crippen LogP) is 3.68. The van der Waals surface area contributed by atoms with E-state index in [0.717, 1.165) is 20.7 Å². The van der Waals surface area contributed by atoms with Gasteiger partial charge in [0.05, 0.1) is 20.8 Å². The van der Waals surface area contributed by atoms with Gasteiger partial charge in [-0.1, -0.05) is 35.2 Å². The summed E-state index contributed by atoms with van der Waals surface area (Å²) in [5, 5.41) is 14.1. The highest BCUT2D eigenvalue weighted by atomic mass is 32.2. The van der Waals surface area contributed by atoms with Gasteiger partial charge in [0, 0.05) is 0 Å². The Balaban J connectivity index is 1.43. The maximum absolute atomic E-state index is 12.3. The fourth-order valence-electron chi connectivity index (χ4n) is 2.66. The predicted molar refractivity (Wildman–Crippen MR) is 112 cm³/mol. The van der Waals surface area contributed by atoms with Crippen molar-refractivity contribution in [2.45, 2.75) is 19.0 Å². The lowest BCUT2D eigenvalue weighted by atomic mass is 10.1. The molecule has 0 aliphatic rings. The highest BCUT2D eigenvalue weighted by Crippen LogP contribution is 2.30. The number of nitrogens with zero attached hydrogens (tertiary/aromatic N) is 4. The first-order chi connectivity index (χ1) is 13.0. The molecule has 7 nitrogen and oxygen atoms in total. The van der Waals surface area contributed by atoms with Gasteiger partial charge in [0.15, 0.2) is 11.0 Å². The van der Waals surface area contributed by atoms with Crippen molar-refractivity contribution in [3.05, 3.63) is 40.8 Å². The summed E-state index contributed by atoms with van der Waals surface area (Å²) in [6, 6.07) is 8.02. The van der Waals surface area contributed by atoms with Crippen molar-refractivity contribution in [1.82, 2.24) is 19.9 Å². The summed E-state index contributed by atoms with van der Waals surface area (Å²) >= 11 is 4.25. The molecule has 1 aromatic carbocycles. The van der Waals surface area contributed by atoms with Crippen molar-refractivity contribution in [3.63, 3.8) is 0 Å². The van der Waals surface area contributed by atoms with Crippen LogP contribution in [-0.4, -0.2) is 31.5 Å². The van der Waals surface area contributed by atoms with Gasteiger partial charge in [0.2, 0.25) is 11.1 Å². The lowest BCUT2D eigenvalue weighted by molar-refractivity contribution is -0.113. The summed E-state index contributed by atoms with van der Waals surface area (Å²) in [4.78, 5) is 17.8. The van der Waals surface area contributed by atoms with Crippen LogP contribution in [0, 0.1) is 13.8 Å². The van der Waals surface area contributed by atoms with Gasteiger partial charge in [-0.25, -0.2) is 9.66 Å². The van der Waals surface area contributed by atoms with Crippen molar-refractivity contribution in [2.24, 2.45) is 0 Å². The number of anilines is 1. The molecule has 4 aromatic rings. The molecule has 0 fully saturated rings. The number of carbonyl (C=O) groups is 1. The molecule has 3 N–H and O–H groups in total. The first-order valence-electron chi connectivity index (χ1n) is 8.06. The van der Waals surface area contributed by atoms with Crippen molar-refractivity contribution in [1.29, 1.82) is 0 Å². The maximum Gasteiger partial charge on any atom is 0.236 e. The second-order valence-electron chi connectivity index (χ2n) is 5.94. The molecule has 3 heterocycles. The van der Waals surface area contributed by atoms with E-state index in [1.165, 1.54) is 44.7 Å². The van der Waals surface area contributed by atoms with Crippen LogP contribution >= 0.6 is 34.4 Å². The van der Waals surface area contributed by atoms with Gasteiger partial charge in [-0.2, -0.15) is 0 Å². The number of fused-ring (bicyclic) bond motifs is 1. The zero-order valence-electron chi connectivity index (χ0n) is 14.6. The lowest BCUT2D eigenvalue weighted by Gasteiger charge is -2.02. The molecule has 0 atom stereocenters. The van der Waals surface area contributed by atoms with Crippen LogP contribution in [0.5, 0.6) is 0 Å². The Morgan fingerprint density at radius 1 is 1.33 bits per heavy atom. The summed E-state index contributed by atoms with van der Waals surface area (Å²) in [6.45, 7) is 4.07. The normalized spacial score (nSPS) is 11.2. The SMILES string of the molecule is Cc1cc(C)c2nc(NC(=O)CSc3nnc(-c4cccs4)n3N)sc2c1. The molecule has 1 amide bonds. The van der Waals surface area contributed by atoms with E-state index in [0.29, 0.717) is 16.1 Å². The summed E-state index contributed by atoms with van der Waals surface area (Å²) in [5.74, 6) is 6.65. The van der Waals surface area contributed by atoms with Gasteiger partial charge >= 0.3 is 0 Å². The summed E-state index contributed by atoms with van der Waals surface area (Å²) < 4.78 is 2.48. The zero-order valence-corrected chi connectivity index (χ0v) is 17.0. The highest BCUT2D eigenvalue weighted by molar-refractivity contribution is 7.99. The summed E-state index contributed by atoms with van der Waals surface area (Å²) in [5.41, 5.74) is 3.21. The minimum Gasteiger partial charge on any atom is -0.335 e. The van der Waals surface area contributed by atoms with Crippen LogP contribution < -0.4 is 11.2 Å². The number of hydrogen-bond acceptors (Lipinski definition) is 8. The van der Waals surface area contributed by atoms with Crippen LogP contribution in [-0.2, 0) is 4.79 Å². The van der Waals surface area contributed by atoms with E-state index in [1.54, 1.807) is 0 Å². The van der Waals surface area contributed by atoms with Crippen molar-refractivity contribution < 1.29 is 4.79 Å². The molecule has 10 heteroatoms. The number of carbonyl (C=O) groups excluding carboxylic acids is 1. The smallest absolute Gasteiger partial charge is 0.236 e. The monoisotopic (exact) mass is 416 g/mol. The number of amides is 1. The van der Waals surface area contributed by atoms with Gasteiger partial charge in [-0.15, -0.1) is 21.5 Å². The number of nitrogens with two attached hydrogens (primary N) is 1. The Hall–Kier alpha value is -2.43. The standard InChI is InChI=1S/C17H16N6OS3/c1-9-6-10(2)14-12(7-9)27-16(20-14)19-13(24)8-26-17-22-21-15(23(17)18)11-4-3-5-25-11/h3-7H,8,18H2,1-2H3,(H,19,20,24). The third-order valence-electron chi connectivity index (χ3n) is 3.81. The van der Waals surface area contributed by atoms with E-state index in [1.807, 2.05) is 24.4 Å². The fourth-order valence-corrected chi connectivity index (χ4v) is 5.08. The van der Waals surface area contributed by atoms with Crippen molar-refractivity contribution in [3.8, 4) is 10.7 Å². The first-order valence-corrected chi connectivity index (χ1v) is 10.7. The Morgan fingerprint density at radius 2 is 2.19 bits per heavy atom. The fraction of sp³-hybridized carbons (Fsp3) is 0.176. The summed E-state index contributed by atoms with van der Waals surface area (Å²) in [7, 11) is 0. The highest BCUT2D eigenvalue weighted by Gasteiger charge is 2.15. The molecule has 0 saturated heterocycles. The van der Waals surface area contributed by atoms with Crippen LogP contribution in [0.3, 0.4) is 0 Å². The Labute approximate surface area is 167 Å². The van der Waals surface area contributed by atoms with E-state index in [-0.39, 0.29) is 11.7 Å². The lowest BCUT2D eigenvalue weighted by Crippen LogP contribution is -2.16. The Morgan fingerprint density at radius 3 is 2.96 bits per heavy atom. The summed E-state index contributed by atoms with van der Waals surface area (Å²) in [6.07, 6.45) is 0. The molecule has 0 aliphatic heterocycles. The molecule has 138 valence electrons. The number of hydrogen-bond donors (Lipinski definition) is 2. The molecule has 0 unspecified atom stereocenters. The second kappa shape index (κ2) is 7.29. The number of rotatable bonds is 5. The number of thiazole rings is 1.